The molecule has 0 saturated carbocycles. The molecule has 32 heavy (non-hydrogen) atoms. The van der Waals surface area contributed by atoms with Crippen molar-refractivity contribution in [1.82, 2.24) is 25.3 Å². The fourth-order valence-electron chi connectivity index (χ4n) is 4.04. The molecule has 0 aliphatic carbocycles. The molecule has 3 heterocycles. The van der Waals surface area contributed by atoms with Crippen LogP contribution in [0.15, 0.2) is 24.3 Å². The number of halogens is 1. The van der Waals surface area contributed by atoms with Gasteiger partial charge in [-0.3, -0.25) is 4.79 Å². The largest absolute Gasteiger partial charge is 0.368 e. The highest BCUT2D eigenvalue weighted by molar-refractivity contribution is 6.31. The number of carbonyl (C=O) groups is 1. The molecule has 2 aromatic heterocycles. The Kier molecular flexibility index (Phi) is 6.27. The minimum absolute atomic E-state index is 0.00501. The van der Waals surface area contributed by atoms with Crippen molar-refractivity contribution in [2.24, 2.45) is 5.92 Å². The topological polar surface area (TPSA) is 122 Å². The normalized spacial score (nSPS) is 16.9. The summed E-state index contributed by atoms with van der Waals surface area (Å²) >= 11 is 6.23. The Morgan fingerprint density at radius 3 is 2.84 bits per heavy atom. The van der Waals surface area contributed by atoms with E-state index in [1.807, 2.05) is 25.1 Å². The van der Waals surface area contributed by atoms with Gasteiger partial charge in [-0.05, 0) is 50.5 Å². The van der Waals surface area contributed by atoms with E-state index < -0.39 is 0 Å². The van der Waals surface area contributed by atoms with Gasteiger partial charge in [0.05, 0.1) is 11.6 Å². The number of carbonyl (C=O) groups excluding carboxylic acids is 1. The van der Waals surface area contributed by atoms with Gasteiger partial charge in [0.1, 0.15) is 11.6 Å². The Hall–Kier alpha value is -3.20. The molecule has 2 atom stereocenters. The first kappa shape index (κ1) is 22.0. The van der Waals surface area contributed by atoms with Crippen molar-refractivity contribution >= 4 is 46.1 Å². The minimum atomic E-state index is -0.142. The van der Waals surface area contributed by atoms with Crippen LogP contribution in [0, 0.1) is 12.8 Å². The third-order valence-electron chi connectivity index (χ3n) is 5.59. The van der Waals surface area contributed by atoms with E-state index >= 15 is 0 Å². The summed E-state index contributed by atoms with van der Waals surface area (Å²) in [4.78, 5) is 31.2. The smallest absolute Gasteiger partial charge is 0.228 e. The Labute approximate surface area is 191 Å². The molecule has 1 aliphatic rings. The lowest BCUT2D eigenvalue weighted by atomic mass is 10.1. The molecule has 1 amide bonds. The van der Waals surface area contributed by atoms with Crippen LogP contribution in [-0.4, -0.2) is 45.5 Å². The first-order valence-electron chi connectivity index (χ1n) is 10.6. The van der Waals surface area contributed by atoms with Gasteiger partial charge in [0.2, 0.25) is 17.8 Å². The second-order valence-electron chi connectivity index (χ2n) is 8.21. The van der Waals surface area contributed by atoms with E-state index in [4.69, 9.17) is 22.3 Å². The summed E-state index contributed by atoms with van der Waals surface area (Å²) in [5.41, 5.74) is 7.68. The predicted octanol–water partition coefficient (Wildman–Crippen LogP) is 3.10. The zero-order valence-corrected chi connectivity index (χ0v) is 19.1. The van der Waals surface area contributed by atoms with Crippen molar-refractivity contribution in [2.75, 3.05) is 35.6 Å². The van der Waals surface area contributed by atoms with Crippen molar-refractivity contribution in [1.29, 1.82) is 0 Å². The SMILES string of the molecule is CC(=O)NC[C@H]1CCN(c2nc3ccc(Cl)cc3cc2[C@H](C)Nc2nc(C)nc(N)n2)C1. The number of rotatable bonds is 6. The standard InChI is InChI=1S/C22H27ClN8O/c1-12(26-22-28-13(2)27-21(24)30-22)18-9-16-8-17(23)4-5-19(16)29-20(18)31-7-6-15(11-31)10-25-14(3)32/h4-5,8-9,12,15H,6-7,10-11H2,1-3H3,(H,25,32)(H3,24,26,27,28,30)/t12-,15+/m0/s1. The number of benzene rings is 1. The number of nitrogen functional groups attached to an aromatic ring is 1. The Morgan fingerprint density at radius 1 is 1.28 bits per heavy atom. The van der Waals surface area contributed by atoms with Crippen LogP contribution >= 0.6 is 11.6 Å². The lowest BCUT2D eigenvalue weighted by molar-refractivity contribution is -0.119. The summed E-state index contributed by atoms with van der Waals surface area (Å²) in [5.74, 6) is 2.43. The second-order valence-corrected chi connectivity index (χ2v) is 8.64. The number of nitrogens with one attached hydrogen (secondary N) is 2. The van der Waals surface area contributed by atoms with Gasteiger partial charge in [0, 0.05) is 42.5 Å². The van der Waals surface area contributed by atoms with Crippen LogP contribution in [0.1, 0.15) is 37.7 Å². The first-order chi connectivity index (χ1) is 15.3. The van der Waals surface area contributed by atoms with Crippen LogP contribution in [-0.2, 0) is 4.79 Å². The molecule has 1 saturated heterocycles. The van der Waals surface area contributed by atoms with Gasteiger partial charge in [0.25, 0.3) is 0 Å². The number of aromatic nitrogens is 4. The molecule has 0 bridgehead atoms. The minimum Gasteiger partial charge on any atom is -0.368 e. The van der Waals surface area contributed by atoms with E-state index in [0.29, 0.717) is 29.3 Å². The molecule has 10 heteroatoms. The number of pyridine rings is 1. The molecule has 0 spiro atoms. The zero-order chi connectivity index (χ0) is 22.8. The number of hydrogen-bond donors (Lipinski definition) is 3. The van der Waals surface area contributed by atoms with Gasteiger partial charge in [-0.15, -0.1) is 0 Å². The molecule has 3 aromatic rings. The fraction of sp³-hybridized carbons (Fsp3) is 0.409. The molecule has 0 radical (unpaired) electrons. The van der Waals surface area contributed by atoms with Crippen LogP contribution < -0.4 is 21.3 Å². The number of nitrogens with two attached hydrogens (primary N) is 1. The Morgan fingerprint density at radius 2 is 2.09 bits per heavy atom. The molecule has 4 rings (SSSR count). The van der Waals surface area contributed by atoms with E-state index in [1.165, 1.54) is 0 Å². The van der Waals surface area contributed by atoms with E-state index in [1.54, 1.807) is 13.8 Å². The number of hydrogen-bond acceptors (Lipinski definition) is 8. The molecule has 1 fully saturated rings. The predicted molar refractivity (Wildman–Crippen MR) is 127 cm³/mol. The third kappa shape index (κ3) is 4.99. The highest BCUT2D eigenvalue weighted by Gasteiger charge is 2.27. The lowest BCUT2D eigenvalue weighted by Crippen LogP contribution is -2.30. The van der Waals surface area contributed by atoms with Crippen molar-refractivity contribution in [3.63, 3.8) is 0 Å². The average Bonchev–Trinajstić information content (AvgIpc) is 3.19. The van der Waals surface area contributed by atoms with Gasteiger partial charge < -0.3 is 21.3 Å². The number of amides is 1. The molecular formula is C22H27ClN8O. The van der Waals surface area contributed by atoms with Crippen LogP contribution in [0.5, 0.6) is 0 Å². The van der Waals surface area contributed by atoms with E-state index in [2.05, 4.69) is 36.6 Å². The fourth-order valence-corrected chi connectivity index (χ4v) is 4.22. The summed E-state index contributed by atoms with van der Waals surface area (Å²) in [6.45, 7) is 7.72. The van der Waals surface area contributed by atoms with Gasteiger partial charge in [-0.1, -0.05) is 11.6 Å². The van der Waals surface area contributed by atoms with Crippen LogP contribution in [0.25, 0.3) is 10.9 Å². The van der Waals surface area contributed by atoms with Crippen molar-refractivity contribution in [3.05, 3.63) is 40.7 Å². The second kappa shape index (κ2) is 9.12. The van der Waals surface area contributed by atoms with Crippen molar-refractivity contribution in [3.8, 4) is 0 Å². The molecule has 1 aromatic carbocycles. The van der Waals surface area contributed by atoms with Gasteiger partial charge in [-0.25, -0.2) is 4.98 Å². The van der Waals surface area contributed by atoms with Crippen LogP contribution in [0.4, 0.5) is 17.7 Å². The highest BCUT2D eigenvalue weighted by Crippen LogP contribution is 2.33. The van der Waals surface area contributed by atoms with E-state index in [0.717, 1.165) is 41.8 Å². The molecular weight excluding hydrogens is 428 g/mol. The summed E-state index contributed by atoms with van der Waals surface area (Å²) in [7, 11) is 0. The van der Waals surface area contributed by atoms with Gasteiger partial charge >= 0.3 is 0 Å². The Balaban J connectivity index is 1.67. The summed E-state index contributed by atoms with van der Waals surface area (Å²) in [6, 6.07) is 7.67. The van der Waals surface area contributed by atoms with Gasteiger partial charge in [0.15, 0.2) is 0 Å². The molecule has 4 N–H and O–H groups in total. The maximum Gasteiger partial charge on any atom is 0.228 e. The number of fused-ring (bicyclic) bond motifs is 1. The third-order valence-corrected chi connectivity index (χ3v) is 5.82. The molecule has 168 valence electrons. The maximum absolute atomic E-state index is 11.3. The zero-order valence-electron chi connectivity index (χ0n) is 18.4. The number of anilines is 3. The Bertz CT molecular complexity index is 1130. The molecule has 0 unspecified atom stereocenters. The van der Waals surface area contributed by atoms with E-state index in [9.17, 15) is 4.79 Å². The highest BCUT2D eigenvalue weighted by atomic mass is 35.5. The first-order valence-corrected chi connectivity index (χ1v) is 11.0. The van der Waals surface area contributed by atoms with Crippen LogP contribution in [0.3, 0.4) is 0 Å². The molecule has 9 nitrogen and oxygen atoms in total. The number of nitrogens with zero attached hydrogens (tertiary/aromatic N) is 5. The number of aryl methyl sites for hydroxylation is 1. The van der Waals surface area contributed by atoms with Crippen molar-refractivity contribution < 1.29 is 4.79 Å². The quantitative estimate of drug-likeness (QED) is 0.519. The van der Waals surface area contributed by atoms with Crippen LogP contribution in [0.2, 0.25) is 5.02 Å². The lowest BCUT2D eigenvalue weighted by Gasteiger charge is -2.25. The average molecular weight is 455 g/mol. The summed E-state index contributed by atoms with van der Waals surface area (Å²) in [5, 5.41) is 7.89. The van der Waals surface area contributed by atoms with E-state index in [-0.39, 0.29) is 17.9 Å². The summed E-state index contributed by atoms with van der Waals surface area (Å²) in [6.07, 6.45) is 0.991. The van der Waals surface area contributed by atoms with Gasteiger partial charge in [-0.2, -0.15) is 15.0 Å². The monoisotopic (exact) mass is 454 g/mol. The molecule has 1 aliphatic heterocycles. The van der Waals surface area contributed by atoms with Crippen molar-refractivity contribution in [2.45, 2.75) is 33.2 Å². The summed E-state index contributed by atoms with van der Waals surface area (Å²) < 4.78 is 0. The maximum atomic E-state index is 11.3.